The standard InChI is InChI=1S/C20H22N2O2S/c23-25(24,14-6-9-16-7-2-1-3-8-16)22-13-12-18-17-10-4-5-11-19(17)21-20(18)15-22/h1-5,7-8,10-11,21H,6,9,12-15H2. The van der Waals surface area contributed by atoms with Gasteiger partial charge in [-0.05, 0) is 36.5 Å². The lowest BCUT2D eigenvalue weighted by atomic mass is 10.1. The number of rotatable bonds is 5. The first-order valence-corrected chi connectivity index (χ1v) is 10.3. The van der Waals surface area contributed by atoms with Gasteiger partial charge in [-0.25, -0.2) is 8.42 Å². The highest BCUT2D eigenvalue weighted by Gasteiger charge is 2.28. The molecule has 3 aromatic rings. The fourth-order valence-electron chi connectivity index (χ4n) is 3.64. The zero-order valence-electron chi connectivity index (χ0n) is 14.1. The van der Waals surface area contributed by atoms with Crippen molar-refractivity contribution in [3.8, 4) is 0 Å². The van der Waals surface area contributed by atoms with E-state index in [1.807, 2.05) is 48.5 Å². The highest BCUT2D eigenvalue weighted by Crippen LogP contribution is 2.28. The Morgan fingerprint density at radius 2 is 1.76 bits per heavy atom. The van der Waals surface area contributed by atoms with E-state index in [4.69, 9.17) is 0 Å². The number of aromatic amines is 1. The van der Waals surface area contributed by atoms with Gasteiger partial charge >= 0.3 is 0 Å². The molecule has 2 heterocycles. The van der Waals surface area contributed by atoms with Crippen molar-refractivity contribution in [3.63, 3.8) is 0 Å². The Balaban J connectivity index is 1.45. The molecule has 4 nitrogen and oxygen atoms in total. The maximum atomic E-state index is 12.7. The van der Waals surface area contributed by atoms with Crippen molar-refractivity contribution in [1.29, 1.82) is 0 Å². The van der Waals surface area contributed by atoms with Gasteiger partial charge in [-0.15, -0.1) is 0 Å². The van der Waals surface area contributed by atoms with E-state index in [1.54, 1.807) is 4.31 Å². The molecule has 130 valence electrons. The average Bonchev–Trinajstić information content (AvgIpc) is 3.00. The molecule has 1 aliphatic rings. The number of hydrogen-bond donors (Lipinski definition) is 1. The topological polar surface area (TPSA) is 53.2 Å². The van der Waals surface area contributed by atoms with Gasteiger partial charge < -0.3 is 4.98 Å². The SMILES string of the molecule is O=S(=O)(CCCc1ccccc1)N1CCc2c([nH]c3ccccc23)C1. The summed E-state index contributed by atoms with van der Waals surface area (Å²) in [6.45, 7) is 1.03. The number of H-pyrrole nitrogens is 1. The van der Waals surface area contributed by atoms with Gasteiger partial charge in [0.2, 0.25) is 10.0 Å². The van der Waals surface area contributed by atoms with E-state index in [0.717, 1.165) is 24.1 Å². The third-order valence-corrected chi connectivity index (χ3v) is 6.85. The van der Waals surface area contributed by atoms with Gasteiger partial charge in [0.05, 0.1) is 12.3 Å². The van der Waals surface area contributed by atoms with Gasteiger partial charge in [0.25, 0.3) is 0 Å². The van der Waals surface area contributed by atoms with Crippen LogP contribution < -0.4 is 0 Å². The van der Waals surface area contributed by atoms with Crippen molar-refractivity contribution in [2.45, 2.75) is 25.8 Å². The molecule has 0 fully saturated rings. The Bertz CT molecular complexity index is 977. The molecule has 0 saturated carbocycles. The summed E-state index contributed by atoms with van der Waals surface area (Å²) in [6, 6.07) is 18.2. The maximum Gasteiger partial charge on any atom is 0.214 e. The Hall–Kier alpha value is -2.11. The minimum absolute atomic E-state index is 0.206. The lowest BCUT2D eigenvalue weighted by Gasteiger charge is -2.26. The first-order valence-electron chi connectivity index (χ1n) is 8.74. The molecule has 25 heavy (non-hydrogen) atoms. The molecular weight excluding hydrogens is 332 g/mol. The Labute approximate surface area is 148 Å². The van der Waals surface area contributed by atoms with Crippen LogP contribution in [0.5, 0.6) is 0 Å². The molecule has 0 bridgehead atoms. The largest absolute Gasteiger partial charge is 0.357 e. The highest BCUT2D eigenvalue weighted by atomic mass is 32.2. The fourth-order valence-corrected chi connectivity index (χ4v) is 5.10. The van der Waals surface area contributed by atoms with E-state index >= 15 is 0 Å². The molecule has 0 aliphatic carbocycles. The summed E-state index contributed by atoms with van der Waals surface area (Å²) >= 11 is 0. The van der Waals surface area contributed by atoms with Crippen LogP contribution in [-0.4, -0.2) is 30.0 Å². The van der Waals surface area contributed by atoms with E-state index in [2.05, 4.69) is 11.1 Å². The van der Waals surface area contributed by atoms with E-state index in [-0.39, 0.29) is 5.75 Å². The molecule has 1 aliphatic heterocycles. The van der Waals surface area contributed by atoms with Crippen molar-refractivity contribution in [1.82, 2.24) is 9.29 Å². The minimum Gasteiger partial charge on any atom is -0.357 e. The average molecular weight is 354 g/mol. The number of nitrogens with one attached hydrogen (secondary N) is 1. The highest BCUT2D eigenvalue weighted by molar-refractivity contribution is 7.89. The van der Waals surface area contributed by atoms with Crippen LogP contribution in [0.1, 0.15) is 23.2 Å². The van der Waals surface area contributed by atoms with Crippen molar-refractivity contribution >= 4 is 20.9 Å². The summed E-state index contributed by atoms with van der Waals surface area (Å²) in [6.07, 6.45) is 2.23. The van der Waals surface area contributed by atoms with E-state index in [1.165, 1.54) is 16.5 Å². The smallest absolute Gasteiger partial charge is 0.214 e. The second-order valence-corrected chi connectivity index (χ2v) is 8.70. The van der Waals surface area contributed by atoms with Gasteiger partial charge in [0.1, 0.15) is 0 Å². The van der Waals surface area contributed by atoms with Crippen molar-refractivity contribution in [2.75, 3.05) is 12.3 Å². The van der Waals surface area contributed by atoms with Gasteiger partial charge in [-0.2, -0.15) is 4.31 Å². The maximum absolute atomic E-state index is 12.7. The van der Waals surface area contributed by atoms with Crippen LogP contribution in [0.3, 0.4) is 0 Å². The lowest BCUT2D eigenvalue weighted by molar-refractivity contribution is 0.388. The molecule has 0 spiro atoms. The lowest BCUT2D eigenvalue weighted by Crippen LogP contribution is -2.37. The van der Waals surface area contributed by atoms with Crippen LogP contribution in [0.4, 0.5) is 0 Å². The van der Waals surface area contributed by atoms with Crippen LogP contribution >= 0.6 is 0 Å². The normalized spacial score (nSPS) is 15.4. The second-order valence-electron chi connectivity index (χ2n) is 6.62. The third-order valence-electron chi connectivity index (χ3n) is 4.95. The van der Waals surface area contributed by atoms with Crippen LogP contribution in [0.2, 0.25) is 0 Å². The number of para-hydroxylation sites is 1. The minimum atomic E-state index is -3.22. The molecular formula is C20H22N2O2S. The summed E-state index contributed by atoms with van der Waals surface area (Å²) in [7, 11) is -3.22. The van der Waals surface area contributed by atoms with E-state index in [9.17, 15) is 8.42 Å². The molecule has 4 rings (SSSR count). The fraction of sp³-hybridized carbons (Fsp3) is 0.300. The van der Waals surface area contributed by atoms with Crippen molar-refractivity contribution in [3.05, 3.63) is 71.4 Å². The molecule has 0 amide bonds. The Morgan fingerprint density at radius 1 is 1.00 bits per heavy atom. The van der Waals surface area contributed by atoms with Crippen LogP contribution in [0.25, 0.3) is 10.9 Å². The quantitative estimate of drug-likeness (QED) is 0.762. The molecule has 5 heteroatoms. The summed E-state index contributed by atoms with van der Waals surface area (Å²) in [5.74, 6) is 0.206. The van der Waals surface area contributed by atoms with Crippen LogP contribution in [0, 0.1) is 0 Å². The molecule has 2 aromatic carbocycles. The van der Waals surface area contributed by atoms with E-state index in [0.29, 0.717) is 19.5 Å². The van der Waals surface area contributed by atoms with E-state index < -0.39 is 10.0 Å². The molecule has 0 radical (unpaired) electrons. The van der Waals surface area contributed by atoms with Gasteiger partial charge in [0.15, 0.2) is 0 Å². The number of nitrogens with zero attached hydrogens (tertiary/aromatic N) is 1. The zero-order chi connectivity index (χ0) is 17.3. The summed E-state index contributed by atoms with van der Waals surface area (Å²) in [4.78, 5) is 3.39. The predicted molar refractivity (Wildman–Crippen MR) is 101 cm³/mol. The first kappa shape index (κ1) is 16.4. The molecule has 0 unspecified atom stereocenters. The van der Waals surface area contributed by atoms with Gasteiger partial charge in [-0.3, -0.25) is 0 Å². The summed E-state index contributed by atoms with van der Waals surface area (Å²) < 4.78 is 27.1. The second kappa shape index (κ2) is 6.65. The third kappa shape index (κ3) is 3.34. The summed E-state index contributed by atoms with van der Waals surface area (Å²) in [5, 5.41) is 1.22. The molecule has 0 atom stereocenters. The number of fused-ring (bicyclic) bond motifs is 3. The van der Waals surface area contributed by atoms with Gasteiger partial charge in [0, 0.05) is 23.1 Å². The number of aromatic nitrogens is 1. The molecule has 1 N–H and O–H groups in total. The number of benzene rings is 2. The number of hydrogen-bond acceptors (Lipinski definition) is 2. The Kier molecular flexibility index (Phi) is 4.36. The molecule has 1 aromatic heterocycles. The van der Waals surface area contributed by atoms with Crippen molar-refractivity contribution < 1.29 is 8.42 Å². The molecule has 0 saturated heterocycles. The first-order chi connectivity index (χ1) is 12.1. The predicted octanol–water partition coefficient (Wildman–Crippen LogP) is 3.49. The van der Waals surface area contributed by atoms with Gasteiger partial charge in [-0.1, -0.05) is 48.5 Å². The van der Waals surface area contributed by atoms with Crippen LogP contribution in [0.15, 0.2) is 54.6 Å². The zero-order valence-corrected chi connectivity index (χ0v) is 14.9. The number of aryl methyl sites for hydroxylation is 1. The Morgan fingerprint density at radius 3 is 2.60 bits per heavy atom. The van der Waals surface area contributed by atoms with Crippen LogP contribution in [-0.2, 0) is 29.4 Å². The summed E-state index contributed by atoms with van der Waals surface area (Å²) in [5.41, 5.74) is 4.59. The van der Waals surface area contributed by atoms with Crippen molar-refractivity contribution in [2.24, 2.45) is 0 Å². The number of sulfonamides is 1. The monoisotopic (exact) mass is 354 g/mol.